The Hall–Kier alpha value is -1.14. The molecule has 1 amide bonds. The summed E-state index contributed by atoms with van der Waals surface area (Å²) in [5.74, 6) is -1.12. The SMILES string of the molecule is CC(C)CC[C@@H](C(=O)O)[C@H](C)N(C=O)OC1CCCCO1. The summed E-state index contributed by atoms with van der Waals surface area (Å²) in [5.41, 5.74) is 0. The first-order valence-corrected chi connectivity index (χ1v) is 7.70. The standard InChI is InChI=1S/C15H27NO5/c1-11(2)7-8-13(15(18)19)12(3)16(10-17)21-14-6-4-5-9-20-14/h10-14H,4-9H2,1-3H3,(H,18,19)/t12-,13+,14?/m0/s1. The predicted molar refractivity (Wildman–Crippen MR) is 77.2 cm³/mol. The van der Waals surface area contributed by atoms with Gasteiger partial charge in [-0.1, -0.05) is 20.3 Å². The highest BCUT2D eigenvalue weighted by Gasteiger charge is 2.31. The average molecular weight is 301 g/mol. The van der Waals surface area contributed by atoms with Gasteiger partial charge in [-0.15, -0.1) is 0 Å². The van der Waals surface area contributed by atoms with E-state index in [2.05, 4.69) is 0 Å². The first-order chi connectivity index (χ1) is 9.95. The van der Waals surface area contributed by atoms with Gasteiger partial charge in [-0.25, -0.2) is 9.90 Å². The van der Waals surface area contributed by atoms with Gasteiger partial charge in [0.15, 0.2) is 6.29 Å². The molecule has 122 valence electrons. The zero-order valence-electron chi connectivity index (χ0n) is 13.2. The topological polar surface area (TPSA) is 76.1 Å². The molecule has 0 aromatic carbocycles. The Morgan fingerprint density at radius 1 is 1.38 bits per heavy atom. The Kier molecular flexibility index (Phi) is 7.67. The molecule has 6 nitrogen and oxygen atoms in total. The molecule has 21 heavy (non-hydrogen) atoms. The molecule has 6 heteroatoms. The van der Waals surface area contributed by atoms with E-state index in [-0.39, 0.29) is 0 Å². The van der Waals surface area contributed by atoms with Gasteiger partial charge in [-0.2, -0.15) is 0 Å². The maximum atomic E-state index is 11.4. The fourth-order valence-corrected chi connectivity index (χ4v) is 2.41. The van der Waals surface area contributed by atoms with Gasteiger partial charge < -0.3 is 9.84 Å². The van der Waals surface area contributed by atoms with E-state index in [4.69, 9.17) is 9.57 Å². The summed E-state index contributed by atoms with van der Waals surface area (Å²) in [5, 5.41) is 10.5. The van der Waals surface area contributed by atoms with Crippen LogP contribution in [0.2, 0.25) is 0 Å². The van der Waals surface area contributed by atoms with Crippen LogP contribution in [0.15, 0.2) is 0 Å². The van der Waals surface area contributed by atoms with E-state index >= 15 is 0 Å². The fraction of sp³-hybridized carbons (Fsp3) is 0.867. The highest BCUT2D eigenvalue weighted by atomic mass is 16.8. The van der Waals surface area contributed by atoms with Crippen molar-refractivity contribution in [2.45, 2.75) is 65.2 Å². The molecule has 0 aromatic heterocycles. The number of carbonyl (C=O) groups excluding carboxylic acids is 1. The van der Waals surface area contributed by atoms with Crippen molar-refractivity contribution in [2.75, 3.05) is 6.61 Å². The van der Waals surface area contributed by atoms with Crippen LogP contribution in [0, 0.1) is 11.8 Å². The lowest BCUT2D eigenvalue weighted by atomic mass is 9.92. The molecule has 1 aliphatic rings. The van der Waals surface area contributed by atoms with E-state index in [0.717, 1.165) is 30.7 Å². The van der Waals surface area contributed by atoms with Crippen LogP contribution in [0.1, 0.15) is 52.9 Å². The zero-order valence-corrected chi connectivity index (χ0v) is 13.2. The van der Waals surface area contributed by atoms with E-state index in [1.807, 2.05) is 13.8 Å². The maximum Gasteiger partial charge on any atom is 0.308 e. The predicted octanol–water partition coefficient (Wildman–Crippen LogP) is 2.43. The molecule has 1 aliphatic heterocycles. The van der Waals surface area contributed by atoms with Crippen molar-refractivity contribution in [3.05, 3.63) is 0 Å². The summed E-state index contributed by atoms with van der Waals surface area (Å²) in [6, 6.07) is -0.524. The smallest absolute Gasteiger partial charge is 0.308 e. The van der Waals surface area contributed by atoms with E-state index in [9.17, 15) is 14.7 Å². The number of nitrogens with zero attached hydrogens (tertiary/aromatic N) is 1. The quantitative estimate of drug-likeness (QED) is 0.523. The second kappa shape index (κ2) is 9.00. The first-order valence-electron chi connectivity index (χ1n) is 7.70. The number of carboxylic acids is 1. The molecule has 0 bridgehead atoms. The van der Waals surface area contributed by atoms with Gasteiger partial charge in [0.2, 0.25) is 6.41 Å². The number of ether oxygens (including phenoxy) is 1. The molecule has 1 saturated heterocycles. The minimum Gasteiger partial charge on any atom is -0.481 e. The summed E-state index contributed by atoms with van der Waals surface area (Å²) in [6.45, 7) is 6.42. The van der Waals surface area contributed by atoms with E-state index < -0.39 is 24.2 Å². The van der Waals surface area contributed by atoms with Crippen molar-refractivity contribution in [3.63, 3.8) is 0 Å². The van der Waals surface area contributed by atoms with Crippen LogP contribution in [0.4, 0.5) is 0 Å². The first kappa shape index (κ1) is 17.9. The number of amides is 1. The van der Waals surface area contributed by atoms with Crippen LogP contribution in [0.3, 0.4) is 0 Å². The number of aliphatic carboxylic acids is 1. The highest BCUT2D eigenvalue weighted by molar-refractivity contribution is 5.71. The van der Waals surface area contributed by atoms with Gasteiger partial charge in [0.1, 0.15) is 0 Å². The van der Waals surface area contributed by atoms with Crippen molar-refractivity contribution in [1.29, 1.82) is 0 Å². The summed E-state index contributed by atoms with van der Waals surface area (Å²) in [4.78, 5) is 28.2. The van der Waals surface area contributed by atoms with Crippen LogP contribution in [0.5, 0.6) is 0 Å². The van der Waals surface area contributed by atoms with Crippen molar-refractivity contribution >= 4 is 12.4 Å². The molecule has 1 heterocycles. The van der Waals surface area contributed by atoms with Crippen molar-refractivity contribution in [2.24, 2.45) is 11.8 Å². The lowest BCUT2D eigenvalue weighted by molar-refractivity contribution is -0.288. The van der Waals surface area contributed by atoms with Gasteiger partial charge >= 0.3 is 5.97 Å². The second-order valence-electron chi connectivity index (χ2n) is 6.02. The van der Waals surface area contributed by atoms with Crippen LogP contribution in [-0.4, -0.2) is 41.5 Å². The summed E-state index contributed by atoms with van der Waals surface area (Å²) in [7, 11) is 0. The molecule has 1 N–H and O–H groups in total. The van der Waals surface area contributed by atoms with Crippen LogP contribution in [0.25, 0.3) is 0 Å². The van der Waals surface area contributed by atoms with Gasteiger partial charge in [0.05, 0.1) is 12.0 Å². The van der Waals surface area contributed by atoms with Gasteiger partial charge in [0.25, 0.3) is 0 Å². The molecule has 1 rings (SSSR count). The fourth-order valence-electron chi connectivity index (χ4n) is 2.41. The number of carbonyl (C=O) groups is 2. The molecular formula is C15H27NO5. The largest absolute Gasteiger partial charge is 0.481 e. The summed E-state index contributed by atoms with van der Waals surface area (Å²) in [6.07, 6.45) is 4.12. The molecule has 0 spiro atoms. The number of rotatable bonds is 9. The molecule has 1 unspecified atom stereocenters. The lowest BCUT2D eigenvalue weighted by Crippen LogP contribution is -2.44. The minimum absolute atomic E-state index is 0.423. The van der Waals surface area contributed by atoms with E-state index in [1.165, 1.54) is 0 Å². The number of hydrogen-bond acceptors (Lipinski definition) is 4. The maximum absolute atomic E-state index is 11.4. The Morgan fingerprint density at radius 3 is 2.57 bits per heavy atom. The normalized spacial score (nSPS) is 21.8. The highest BCUT2D eigenvalue weighted by Crippen LogP contribution is 2.22. The molecule has 0 radical (unpaired) electrons. The van der Waals surface area contributed by atoms with Crippen LogP contribution >= 0.6 is 0 Å². The Bertz CT molecular complexity index is 328. The van der Waals surface area contributed by atoms with E-state index in [0.29, 0.717) is 25.4 Å². The second-order valence-corrected chi connectivity index (χ2v) is 6.02. The van der Waals surface area contributed by atoms with Crippen molar-refractivity contribution in [3.8, 4) is 0 Å². The zero-order chi connectivity index (χ0) is 15.8. The molecular weight excluding hydrogens is 274 g/mol. The van der Waals surface area contributed by atoms with Crippen LogP contribution < -0.4 is 0 Å². The lowest BCUT2D eigenvalue weighted by Gasteiger charge is -2.33. The monoisotopic (exact) mass is 301 g/mol. The van der Waals surface area contributed by atoms with Crippen molar-refractivity contribution < 1.29 is 24.3 Å². The summed E-state index contributed by atoms with van der Waals surface area (Å²) >= 11 is 0. The number of hydrogen-bond donors (Lipinski definition) is 1. The number of hydroxylamine groups is 2. The van der Waals surface area contributed by atoms with Gasteiger partial charge in [0, 0.05) is 13.0 Å². The van der Waals surface area contributed by atoms with E-state index in [1.54, 1.807) is 6.92 Å². The molecule has 0 saturated carbocycles. The Labute approximate surface area is 126 Å². The third-order valence-corrected chi connectivity index (χ3v) is 3.84. The molecule has 0 aromatic rings. The Morgan fingerprint density at radius 2 is 2.10 bits per heavy atom. The number of carboxylic acid groups (broad SMARTS) is 1. The molecule has 0 aliphatic carbocycles. The van der Waals surface area contributed by atoms with Gasteiger partial charge in [-0.05, 0) is 32.1 Å². The molecule has 1 fully saturated rings. The minimum atomic E-state index is -0.900. The summed E-state index contributed by atoms with van der Waals surface area (Å²) < 4.78 is 5.43. The average Bonchev–Trinajstić information content (AvgIpc) is 2.45. The van der Waals surface area contributed by atoms with Crippen LogP contribution in [-0.2, 0) is 19.2 Å². The Balaban J connectivity index is 2.61. The van der Waals surface area contributed by atoms with Crippen molar-refractivity contribution in [1.82, 2.24) is 5.06 Å². The molecule has 3 atom stereocenters. The third-order valence-electron chi connectivity index (χ3n) is 3.84. The third kappa shape index (κ3) is 6.01. The van der Waals surface area contributed by atoms with Gasteiger partial charge in [-0.3, -0.25) is 9.59 Å².